The molecule has 0 spiro atoms. The Morgan fingerprint density at radius 2 is 2.00 bits per heavy atom. The van der Waals surface area contributed by atoms with E-state index in [-0.39, 0.29) is 18.1 Å². The zero-order chi connectivity index (χ0) is 19.6. The van der Waals surface area contributed by atoms with Gasteiger partial charge in [-0.2, -0.15) is 0 Å². The minimum atomic E-state index is -0.576. The van der Waals surface area contributed by atoms with E-state index < -0.39 is 11.9 Å². The van der Waals surface area contributed by atoms with E-state index in [1.54, 1.807) is 17.4 Å². The number of aryl methyl sites for hydroxylation is 3. The van der Waals surface area contributed by atoms with Gasteiger partial charge in [-0.25, -0.2) is 14.8 Å². The van der Waals surface area contributed by atoms with Gasteiger partial charge in [0.2, 0.25) is 5.76 Å². The average Bonchev–Trinajstić information content (AvgIpc) is 3.22. The molecule has 0 saturated carbocycles. The molecule has 3 aromatic heterocycles. The average molecular weight is 406 g/mol. The third-order valence-corrected chi connectivity index (χ3v) is 5.91. The summed E-state index contributed by atoms with van der Waals surface area (Å²) in [5, 5.41) is 1.77. The number of methoxy groups -OCH3 is 1. The summed E-state index contributed by atoms with van der Waals surface area (Å²) < 4.78 is 15.0. The molecule has 0 aromatic carbocycles. The minimum absolute atomic E-state index is 0.0504. The molecule has 3 heterocycles. The molecule has 7 nitrogen and oxygen atoms in total. The van der Waals surface area contributed by atoms with E-state index in [2.05, 4.69) is 14.7 Å². The SMILES string of the molecule is COC(=O)c1ccc(COC(=O)CSc2nc(C)nc3sc(C)c(C)c23)o1. The van der Waals surface area contributed by atoms with E-state index in [1.165, 1.54) is 29.8 Å². The molecule has 0 fully saturated rings. The number of hydrogen-bond acceptors (Lipinski definition) is 9. The Labute approximate surface area is 164 Å². The monoisotopic (exact) mass is 406 g/mol. The standard InChI is InChI=1S/C18H18N2O5S2/c1-9-10(2)27-17-15(9)16(19-11(3)20-17)26-8-14(21)24-7-12-5-6-13(25-12)18(22)23-4/h5-6H,7-8H2,1-4H3. The molecule has 0 saturated heterocycles. The van der Waals surface area contributed by atoms with Gasteiger partial charge in [0.1, 0.15) is 28.0 Å². The zero-order valence-electron chi connectivity index (χ0n) is 15.3. The molecule has 0 aliphatic rings. The number of fused-ring (bicyclic) bond motifs is 1. The summed E-state index contributed by atoms with van der Waals surface area (Å²) in [5.74, 6) is 0.256. The molecular formula is C18H18N2O5S2. The number of rotatable bonds is 6. The second-order valence-electron chi connectivity index (χ2n) is 5.75. The fourth-order valence-electron chi connectivity index (χ4n) is 2.41. The van der Waals surface area contributed by atoms with Gasteiger partial charge in [0.25, 0.3) is 0 Å². The zero-order valence-corrected chi connectivity index (χ0v) is 17.0. The number of carbonyl (C=O) groups is 2. The maximum absolute atomic E-state index is 12.1. The molecule has 0 aliphatic heterocycles. The smallest absolute Gasteiger partial charge is 0.373 e. The van der Waals surface area contributed by atoms with Crippen LogP contribution in [0.5, 0.6) is 0 Å². The van der Waals surface area contributed by atoms with Crippen LogP contribution in [0.2, 0.25) is 0 Å². The highest BCUT2D eigenvalue weighted by Crippen LogP contribution is 2.35. The molecule has 0 bridgehead atoms. The van der Waals surface area contributed by atoms with E-state index in [0.717, 1.165) is 20.8 Å². The van der Waals surface area contributed by atoms with Crippen LogP contribution in [0.25, 0.3) is 10.2 Å². The molecule has 3 aromatic rings. The van der Waals surface area contributed by atoms with Crippen molar-refractivity contribution in [2.75, 3.05) is 12.9 Å². The summed E-state index contributed by atoms with van der Waals surface area (Å²) >= 11 is 2.95. The first-order chi connectivity index (χ1) is 12.9. The van der Waals surface area contributed by atoms with Crippen LogP contribution in [0.4, 0.5) is 0 Å². The van der Waals surface area contributed by atoms with Crippen molar-refractivity contribution in [3.63, 3.8) is 0 Å². The van der Waals surface area contributed by atoms with Crippen molar-refractivity contribution >= 4 is 45.3 Å². The van der Waals surface area contributed by atoms with Crippen molar-refractivity contribution in [1.29, 1.82) is 0 Å². The first-order valence-corrected chi connectivity index (χ1v) is 9.89. The van der Waals surface area contributed by atoms with E-state index in [4.69, 9.17) is 9.15 Å². The Kier molecular flexibility index (Phi) is 5.81. The number of hydrogen-bond donors (Lipinski definition) is 0. The molecule has 0 radical (unpaired) electrons. The summed E-state index contributed by atoms with van der Waals surface area (Å²) in [6, 6.07) is 3.05. The predicted octanol–water partition coefficient (Wildman–Crippen LogP) is 3.83. The third-order valence-electron chi connectivity index (χ3n) is 3.86. The van der Waals surface area contributed by atoms with Crippen LogP contribution in [0.1, 0.15) is 32.6 Å². The molecule has 27 heavy (non-hydrogen) atoms. The Morgan fingerprint density at radius 1 is 1.22 bits per heavy atom. The second kappa shape index (κ2) is 8.10. The first kappa shape index (κ1) is 19.4. The van der Waals surface area contributed by atoms with Crippen LogP contribution in [-0.4, -0.2) is 34.8 Å². The van der Waals surface area contributed by atoms with Gasteiger partial charge in [-0.1, -0.05) is 11.8 Å². The molecule has 142 valence electrons. The van der Waals surface area contributed by atoms with Crippen molar-refractivity contribution in [3.8, 4) is 0 Å². The van der Waals surface area contributed by atoms with Crippen molar-refractivity contribution in [1.82, 2.24) is 9.97 Å². The van der Waals surface area contributed by atoms with Gasteiger partial charge < -0.3 is 13.9 Å². The van der Waals surface area contributed by atoms with E-state index in [1.807, 2.05) is 20.8 Å². The molecular weight excluding hydrogens is 388 g/mol. The van der Waals surface area contributed by atoms with E-state index in [9.17, 15) is 9.59 Å². The van der Waals surface area contributed by atoms with Crippen LogP contribution < -0.4 is 0 Å². The lowest BCUT2D eigenvalue weighted by atomic mass is 10.2. The van der Waals surface area contributed by atoms with Gasteiger partial charge in [-0.05, 0) is 38.5 Å². The largest absolute Gasteiger partial charge is 0.463 e. The van der Waals surface area contributed by atoms with Gasteiger partial charge in [0, 0.05) is 10.3 Å². The fourth-order valence-corrected chi connectivity index (χ4v) is 4.47. The molecule has 0 amide bonds. The van der Waals surface area contributed by atoms with Crippen LogP contribution in [-0.2, 0) is 20.9 Å². The number of thioether (sulfide) groups is 1. The normalized spacial score (nSPS) is 11.0. The number of carbonyl (C=O) groups excluding carboxylic acids is 2. The lowest BCUT2D eigenvalue weighted by molar-refractivity contribution is -0.142. The Bertz CT molecular complexity index is 1010. The van der Waals surface area contributed by atoms with Crippen molar-refractivity contribution in [2.45, 2.75) is 32.4 Å². The van der Waals surface area contributed by atoms with Gasteiger partial charge in [0.15, 0.2) is 0 Å². The maximum Gasteiger partial charge on any atom is 0.373 e. The minimum Gasteiger partial charge on any atom is -0.463 e. The van der Waals surface area contributed by atoms with Crippen LogP contribution in [0, 0.1) is 20.8 Å². The Morgan fingerprint density at radius 3 is 2.74 bits per heavy atom. The molecule has 0 aliphatic carbocycles. The quantitative estimate of drug-likeness (QED) is 0.346. The summed E-state index contributed by atoms with van der Waals surface area (Å²) in [5.41, 5.74) is 1.14. The summed E-state index contributed by atoms with van der Waals surface area (Å²) in [7, 11) is 1.27. The lowest BCUT2D eigenvalue weighted by Gasteiger charge is -2.05. The summed E-state index contributed by atoms with van der Waals surface area (Å²) in [6.45, 7) is 5.86. The summed E-state index contributed by atoms with van der Waals surface area (Å²) in [4.78, 5) is 34.5. The van der Waals surface area contributed by atoms with E-state index in [0.29, 0.717) is 11.6 Å². The number of esters is 2. The van der Waals surface area contributed by atoms with Crippen molar-refractivity contribution in [3.05, 3.63) is 39.9 Å². The molecule has 9 heteroatoms. The molecule has 0 unspecified atom stereocenters. The van der Waals surface area contributed by atoms with Crippen molar-refractivity contribution < 1.29 is 23.5 Å². The van der Waals surface area contributed by atoms with Crippen molar-refractivity contribution in [2.24, 2.45) is 0 Å². The highest BCUT2D eigenvalue weighted by atomic mass is 32.2. The van der Waals surface area contributed by atoms with E-state index >= 15 is 0 Å². The second-order valence-corrected chi connectivity index (χ2v) is 7.91. The van der Waals surface area contributed by atoms with Crippen LogP contribution in [0.3, 0.4) is 0 Å². The van der Waals surface area contributed by atoms with Crippen LogP contribution >= 0.6 is 23.1 Å². The number of furan rings is 1. The maximum atomic E-state index is 12.1. The lowest BCUT2D eigenvalue weighted by Crippen LogP contribution is -2.07. The number of nitrogens with zero attached hydrogens (tertiary/aromatic N) is 2. The number of aromatic nitrogens is 2. The first-order valence-electron chi connectivity index (χ1n) is 8.08. The van der Waals surface area contributed by atoms with Gasteiger partial charge in [-0.3, -0.25) is 4.79 Å². The number of thiophene rings is 1. The molecule has 3 rings (SSSR count). The number of ether oxygens (including phenoxy) is 2. The molecule has 0 N–H and O–H groups in total. The van der Waals surface area contributed by atoms with Gasteiger partial charge >= 0.3 is 11.9 Å². The highest BCUT2D eigenvalue weighted by Gasteiger charge is 2.16. The van der Waals surface area contributed by atoms with Gasteiger partial charge in [0.05, 0.1) is 12.9 Å². The Balaban J connectivity index is 1.62. The highest BCUT2D eigenvalue weighted by molar-refractivity contribution is 8.00. The fraction of sp³-hybridized carbons (Fsp3) is 0.333. The predicted molar refractivity (Wildman–Crippen MR) is 102 cm³/mol. The van der Waals surface area contributed by atoms with Gasteiger partial charge in [-0.15, -0.1) is 11.3 Å². The third kappa shape index (κ3) is 4.30. The Hall–Kier alpha value is -2.39. The summed E-state index contributed by atoms with van der Waals surface area (Å²) in [6.07, 6.45) is 0. The van der Waals surface area contributed by atoms with Crippen LogP contribution in [0.15, 0.2) is 21.6 Å². The topological polar surface area (TPSA) is 91.5 Å². The molecule has 0 atom stereocenters.